The van der Waals surface area contributed by atoms with E-state index in [4.69, 9.17) is 23.8 Å². The molecule has 0 amide bonds. The van der Waals surface area contributed by atoms with Crippen LogP contribution in [0.15, 0.2) is 33.5 Å². The lowest BCUT2D eigenvalue weighted by atomic mass is 10.1. The first-order chi connectivity index (χ1) is 11.1. The van der Waals surface area contributed by atoms with Crippen molar-refractivity contribution in [3.05, 3.63) is 47.3 Å². The summed E-state index contributed by atoms with van der Waals surface area (Å²) in [4.78, 5) is 21.7. The van der Waals surface area contributed by atoms with Crippen LogP contribution in [-0.2, 0) is 17.6 Å². The van der Waals surface area contributed by atoms with Crippen molar-refractivity contribution in [1.29, 1.82) is 0 Å². The summed E-state index contributed by atoms with van der Waals surface area (Å²) < 4.78 is 15.3. The van der Waals surface area contributed by atoms with Crippen molar-refractivity contribution in [2.45, 2.75) is 25.7 Å². The van der Waals surface area contributed by atoms with E-state index in [-0.39, 0.29) is 11.5 Å². The fourth-order valence-electron chi connectivity index (χ4n) is 2.27. The Hall–Kier alpha value is -2.54. The summed E-state index contributed by atoms with van der Waals surface area (Å²) in [5, 5.41) is 17.8. The SMILES string of the molecule is O=C(O)c1occc1CCCOCCCc1ccoc1C(=O)O. The number of aryl methyl sites for hydroxylation is 2. The van der Waals surface area contributed by atoms with Crippen molar-refractivity contribution in [3.8, 4) is 0 Å². The Bertz CT molecular complexity index is 597. The number of hydrogen-bond acceptors (Lipinski definition) is 5. The molecule has 2 N–H and O–H groups in total. The summed E-state index contributed by atoms with van der Waals surface area (Å²) in [5.41, 5.74) is 1.32. The van der Waals surface area contributed by atoms with Gasteiger partial charge in [-0.15, -0.1) is 0 Å². The fraction of sp³-hybridized carbons (Fsp3) is 0.375. The van der Waals surface area contributed by atoms with Gasteiger partial charge in [0.1, 0.15) is 0 Å². The molecule has 2 aromatic rings. The molecule has 0 aliphatic rings. The van der Waals surface area contributed by atoms with Gasteiger partial charge in [-0.1, -0.05) is 0 Å². The Morgan fingerprint density at radius 2 is 1.30 bits per heavy atom. The van der Waals surface area contributed by atoms with Gasteiger partial charge in [0.15, 0.2) is 0 Å². The molecule has 2 heterocycles. The standard InChI is InChI=1S/C16H18O7/c17-15(18)13-11(5-9-22-13)3-1-7-21-8-2-4-12-6-10-23-14(12)16(19)20/h5-6,9-10H,1-4,7-8H2,(H,17,18)(H,19,20). The number of carboxylic acid groups (broad SMARTS) is 2. The summed E-state index contributed by atoms with van der Waals surface area (Å²) in [7, 11) is 0. The largest absolute Gasteiger partial charge is 0.475 e. The molecule has 7 nitrogen and oxygen atoms in total. The van der Waals surface area contributed by atoms with Gasteiger partial charge < -0.3 is 23.8 Å². The van der Waals surface area contributed by atoms with E-state index in [0.717, 1.165) is 0 Å². The Balaban J connectivity index is 1.61. The first kappa shape index (κ1) is 16.8. The molecule has 0 fully saturated rings. The Labute approximate surface area is 132 Å². The monoisotopic (exact) mass is 322 g/mol. The predicted octanol–water partition coefficient (Wildman–Crippen LogP) is 2.85. The van der Waals surface area contributed by atoms with Gasteiger partial charge in [0.2, 0.25) is 11.5 Å². The summed E-state index contributed by atoms with van der Waals surface area (Å²) in [5.74, 6) is -2.18. The average Bonchev–Trinajstić information content (AvgIpc) is 3.14. The minimum atomic E-state index is -1.07. The molecule has 0 bridgehead atoms. The predicted molar refractivity (Wildman–Crippen MR) is 78.8 cm³/mol. The van der Waals surface area contributed by atoms with Crippen molar-refractivity contribution >= 4 is 11.9 Å². The fourth-order valence-corrected chi connectivity index (χ4v) is 2.27. The number of rotatable bonds is 10. The van der Waals surface area contributed by atoms with Crippen LogP contribution in [0.4, 0.5) is 0 Å². The molecule has 0 saturated carbocycles. The van der Waals surface area contributed by atoms with Crippen molar-refractivity contribution in [2.75, 3.05) is 13.2 Å². The second kappa shape index (κ2) is 8.19. The first-order valence-electron chi connectivity index (χ1n) is 7.26. The number of furan rings is 2. The highest BCUT2D eigenvalue weighted by molar-refractivity contribution is 5.86. The van der Waals surface area contributed by atoms with Crippen molar-refractivity contribution in [3.63, 3.8) is 0 Å². The van der Waals surface area contributed by atoms with Crippen LogP contribution in [0, 0.1) is 0 Å². The highest BCUT2D eigenvalue weighted by Crippen LogP contribution is 2.14. The molecule has 0 saturated heterocycles. The highest BCUT2D eigenvalue weighted by atomic mass is 16.5. The number of hydrogen-bond donors (Lipinski definition) is 2. The van der Waals surface area contributed by atoms with Crippen molar-refractivity contribution in [1.82, 2.24) is 0 Å². The number of carbonyl (C=O) groups is 2. The zero-order valence-corrected chi connectivity index (χ0v) is 12.5. The first-order valence-corrected chi connectivity index (χ1v) is 7.26. The van der Waals surface area contributed by atoms with E-state index in [1.807, 2.05) is 0 Å². The maximum Gasteiger partial charge on any atom is 0.372 e. The zero-order chi connectivity index (χ0) is 16.7. The van der Waals surface area contributed by atoms with E-state index in [9.17, 15) is 9.59 Å². The lowest BCUT2D eigenvalue weighted by molar-refractivity contribution is 0.0650. The van der Waals surface area contributed by atoms with Crippen LogP contribution in [0.2, 0.25) is 0 Å². The molecule has 0 radical (unpaired) electrons. The molecule has 0 spiro atoms. The summed E-state index contributed by atoms with van der Waals surface area (Å²) in [6.45, 7) is 1.00. The lowest BCUT2D eigenvalue weighted by Gasteiger charge is -2.04. The molecule has 0 atom stereocenters. The van der Waals surface area contributed by atoms with Gasteiger partial charge in [-0.05, 0) is 37.8 Å². The van der Waals surface area contributed by atoms with Crippen LogP contribution in [0.5, 0.6) is 0 Å². The maximum atomic E-state index is 10.9. The van der Waals surface area contributed by atoms with E-state index in [2.05, 4.69) is 0 Å². The van der Waals surface area contributed by atoms with Crippen LogP contribution in [0.3, 0.4) is 0 Å². The minimum Gasteiger partial charge on any atom is -0.475 e. The Kier molecular flexibility index (Phi) is 5.99. The number of carboxylic acids is 2. The molecular formula is C16H18O7. The molecule has 2 aromatic heterocycles. The molecule has 0 unspecified atom stereocenters. The zero-order valence-electron chi connectivity index (χ0n) is 12.5. The van der Waals surface area contributed by atoms with Crippen molar-refractivity contribution < 1.29 is 33.4 Å². The molecule has 7 heteroatoms. The van der Waals surface area contributed by atoms with Gasteiger partial charge in [0.05, 0.1) is 12.5 Å². The Morgan fingerprint density at radius 3 is 1.70 bits per heavy atom. The van der Waals surface area contributed by atoms with Gasteiger partial charge in [0, 0.05) is 24.3 Å². The summed E-state index contributed by atoms with van der Waals surface area (Å²) in [6, 6.07) is 3.30. The minimum absolute atomic E-state index is 0.0221. The normalized spacial score (nSPS) is 10.8. The third-order valence-electron chi connectivity index (χ3n) is 3.35. The second-order valence-electron chi connectivity index (χ2n) is 4.98. The van der Waals surface area contributed by atoms with Crippen LogP contribution in [0.1, 0.15) is 45.1 Å². The smallest absolute Gasteiger partial charge is 0.372 e. The third-order valence-corrected chi connectivity index (χ3v) is 3.35. The van der Waals surface area contributed by atoms with E-state index < -0.39 is 11.9 Å². The highest BCUT2D eigenvalue weighted by Gasteiger charge is 2.14. The molecule has 23 heavy (non-hydrogen) atoms. The van der Waals surface area contributed by atoms with E-state index in [1.165, 1.54) is 12.5 Å². The molecule has 124 valence electrons. The van der Waals surface area contributed by atoms with Gasteiger partial charge in [0.25, 0.3) is 0 Å². The lowest BCUT2D eigenvalue weighted by Crippen LogP contribution is -2.04. The van der Waals surface area contributed by atoms with E-state index >= 15 is 0 Å². The van der Waals surface area contributed by atoms with Crippen LogP contribution < -0.4 is 0 Å². The van der Waals surface area contributed by atoms with Crippen LogP contribution in [-0.4, -0.2) is 35.4 Å². The molecule has 2 rings (SSSR count). The number of aromatic carboxylic acids is 2. The molecule has 0 aliphatic heterocycles. The summed E-state index contributed by atoms with van der Waals surface area (Å²) in [6.07, 6.45) is 5.25. The molecule has 0 aromatic carbocycles. The third kappa shape index (κ3) is 4.72. The van der Waals surface area contributed by atoms with Gasteiger partial charge in [-0.25, -0.2) is 9.59 Å². The second-order valence-corrected chi connectivity index (χ2v) is 4.98. The number of ether oxygens (including phenoxy) is 1. The molecule has 0 aliphatic carbocycles. The summed E-state index contributed by atoms with van der Waals surface area (Å²) >= 11 is 0. The quantitative estimate of drug-likeness (QED) is 0.647. The maximum absolute atomic E-state index is 10.9. The Morgan fingerprint density at radius 1 is 0.870 bits per heavy atom. The topological polar surface area (TPSA) is 110 Å². The van der Waals surface area contributed by atoms with Crippen molar-refractivity contribution in [2.24, 2.45) is 0 Å². The van der Waals surface area contributed by atoms with Gasteiger partial charge in [-0.3, -0.25) is 0 Å². The molecular weight excluding hydrogens is 304 g/mol. The average molecular weight is 322 g/mol. The van der Waals surface area contributed by atoms with Gasteiger partial charge >= 0.3 is 11.9 Å². The van der Waals surface area contributed by atoms with Gasteiger partial charge in [-0.2, -0.15) is 0 Å². The van der Waals surface area contributed by atoms with E-state index in [0.29, 0.717) is 50.0 Å². The van der Waals surface area contributed by atoms with E-state index in [1.54, 1.807) is 12.1 Å². The van der Waals surface area contributed by atoms with Crippen LogP contribution in [0.25, 0.3) is 0 Å². The van der Waals surface area contributed by atoms with Crippen LogP contribution >= 0.6 is 0 Å².